The first-order chi connectivity index (χ1) is 12.5. The van der Waals surface area contributed by atoms with Crippen molar-refractivity contribution in [3.8, 4) is 11.3 Å². The maximum absolute atomic E-state index is 7.85. The number of aryl methyl sites for hydroxylation is 2. The van der Waals surface area contributed by atoms with E-state index in [4.69, 9.17) is 11.0 Å². The number of furan rings is 1. The number of nitrogens with zero attached hydrogens (tertiary/aromatic N) is 2. The molecule has 0 spiro atoms. The van der Waals surface area contributed by atoms with Crippen LogP contribution in [-0.2, 0) is 7.05 Å². The molecule has 0 amide bonds. The highest BCUT2D eigenvalue weighted by Gasteiger charge is 2.23. The van der Waals surface area contributed by atoms with Crippen LogP contribution in [0.2, 0.25) is 0 Å². The van der Waals surface area contributed by atoms with Gasteiger partial charge in [0.1, 0.15) is 18.2 Å². The van der Waals surface area contributed by atoms with E-state index >= 15 is 0 Å². The molecule has 2 heterocycles. The number of rotatable bonds is 2. The largest absolute Gasteiger partial charge is 0.467 e. The molecule has 0 radical (unpaired) electrons. The zero-order valence-corrected chi connectivity index (χ0v) is 15.5. The Morgan fingerprint density at radius 1 is 1.04 bits per heavy atom. The zero-order chi connectivity index (χ0) is 18.4. The summed E-state index contributed by atoms with van der Waals surface area (Å²) in [5.41, 5.74) is 6.40. The van der Waals surface area contributed by atoms with Crippen molar-refractivity contribution in [1.82, 2.24) is 0 Å². The summed E-state index contributed by atoms with van der Waals surface area (Å²) in [7, 11) is 2.00. The molecule has 2 aromatic heterocycles. The normalized spacial score (nSPS) is 11.4. The van der Waals surface area contributed by atoms with E-state index in [9.17, 15) is 0 Å². The number of aromatic nitrogens is 1. The third kappa shape index (κ3) is 2.30. The van der Waals surface area contributed by atoms with E-state index in [2.05, 4.69) is 49.9 Å². The first kappa shape index (κ1) is 16.4. The molecule has 3 heteroatoms. The molecule has 4 rings (SSSR count). The van der Waals surface area contributed by atoms with Gasteiger partial charge in [0.25, 0.3) is 0 Å². The smallest absolute Gasteiger partial charge is 0.243 e. The summed E-state index contributed by atoms with van der Waals surface area (Å²) in [5, 5.41) is 2.11. The predicted octanol–water partition coefficient (Wildman–Crippen LogP) is 6.06. The SMILES string of the molecule is [C-]#[N+]c1c(-c2cccc[n+]2C)c(C)cc2c1oc1c(C(C)C)cccc12. The summed E-state index contributed by atoms with van der Waals surface area (Å²) in [4.78, 5) is 3.89. The fourth-order valence-corrected chi connectivity index (χ4v) is 3.74. The maximum Gasteiger partial charge on any atom is 0.243 e. The van der Waals surface area contributed by atoms with Crippen LogP contribution in [0, 0.1) is 13.5 Å². The highest BCUT2D eigenvalue weighted by Crippen LogP contribution is 2.44. The first-order valence-electron chi connectivity index (χ1n) is 8.84. The molecule has 0 aliphatic rings. The van der Waals surface area contributed by atoms with Crippen LogP contribution in [-0.4, -0.2) is 0 Å². The van der Waals surface area contributed by atoms with Crippen molar-refractivity contribution in [2.24, 2.45) is 7.05 Å². The summed E-state index contributed by atoms with van der Waals surface area (Å²) >= 11 is 0. The zero-order valence-electron chi connectivity index (χ0n) is 15.5. The van der Waals surface area contributed by atoms with E-state index in [1.165, 1.54) is 5.56 Å². The highest BCUT2D eigenvalue weighted by atomic mass is 16.3. The molecule has 0 N–H and O–H groups in total. The molecule has 2 aromatic carbocycles. The molecule has 0 bridgehead atoms. The minimum absolute atomic E-state index is 0.364. The van der Waals surface area contributed by atoms with Gasteiger partial charge in [0.05, 0.1) is 12.1 Å². The van der Waals surface area contributed by atoms with Crippen LogP contribution in [0.5, 0.6) is 0 Å². The molecule has 3 nitrogen and oxygen atoms in total. The molecule has 4 aromatic rings. The van der Waals surface area contributed by atoms with Gasteiger partial charge in [-0.3, -0.25) is 0 Å². The van der Waals surface area contributed by atoms with Crippen molar-refractivity contribution >= 4 is 27.6 Å². The minimum Gasteiger partial charge on any atom is -0.467 e. The summed E-state index contributed by atoms with van der Waals surface area (Å²) < 4.78 is 8.35. The van der Waals surface area contributed by atoms with Crippen molar-refractivity contribution in [1.29, 1.82) is 0 Å². The average Bonchev–Trinajstić information content (AvgIpc) is 2.99. The predicted molar refractivity (Wildman–Crippen MR) is 105 cm³/mol. The van der Waals surface area contributed by atoms with E-state index in [0.717, 1.165) is 33.2 Å². The topological polar surface area (TPSA) is 21.4 Å². The first-order valence-corrected chi connectivity index (χ1v) is 8.84. The highest BCUT2D eigenvalue weighted by molar-refractivity contribution is 6.13. The summed E-state index contributed by atoms with van der Waals surface area (Å²) in [6.45, 7) is 14.3. The lowest BCUT2D eigenvalue weighted by Crippen LogP contribution is -2.30. The summed E-state index contributed by atoms with van der Waals surface area (Å²) in [6.07, 6.45) is 2.00. The van der Waals surface area contributed by atoms with Crippen LogP contribution in [0.25, 0.3) is 38.0 Å². The van der Waals surface area contributed by atoms with Gasteiger partial charge in [0, 0.05) is 22.9 Å². The van der Waals surface area contributed by atoms with Crippen molar-refractivity contribution in [2.75, 3.05) is 0 Å². The third-order valence-electron chi connectivity index (χ3n) is 5.04. The second kappa shape index (κ2) is 6.00. The number of hydrogen-bond acceptors (Lipinski definition) is 1. The molecular formula is C23H21N2O+. The molecular weight excluding hydrogens is 320 g/mol. The van der Waals surface area contributed by atoms with E-state index < -0.39 is 0 Å². The number of pyridine rings is 1. The van der Waals surface area contributed by atoms with Crippen LogP contribution in [0.1, 0.15) is 30.9 Å². The van der Waals surface area contributed by atoms with Crippen molar-refractivity contribution in [3.05, 3.63) is 71.2 Å². The number of hydrogen-bond donors (Lipinski definition) is 0. The van der Waals surface area contributed by atoms with Gasteiger partial charge < -0.3 is 4.42 Å². The maximum atomic E-state index is 7.85. The van der Waals surface area contributed by atoms with E-state index in [0.29, 0.717) is 17.2 Å². The Hall–Kier alpha value is -3.12. The number of para-hydroxylation sites is 1. The molecule has 0 aliphatic carbocycles. The Kier molecular flexibility index (Phi) is 3.77. The van der Waals surface area contributed by atoms with Crippen molar-refractivity contribution in [3.63, 3.8) is 0 Å². The molecule has 0 atom stereocenters. The van der Waals surface area contributed by atoms with Gasteiger partial charge in [-0.05, 0) is 36.1 Å². The van der Waals surface area contributed by atoms with Crippen molar-refractivity contribution in [2.45, 2.75) is 26.7 Å². The van der Waals surface area contributed by atoms with Gasteiger partial charge in [-0.1, -0.05) is 32.0 Å². The second-order valence-electron chi connectivity index (χ2n) is 7.08. The molecule has 0 fully saturated rings. The fourth-order valence-electron chi connectivity index (χ4n) is 3.74. The average molecular weight is 341 g/mol. The molecule has 0 unspecified atom stereocenters. The van der Waals surface area contributed by atoms with Crippen molar-refractivity contribution < 1.29 is 8.98 Å². The second-order valence-corrected chi connectivity index (χ2v) is 7.08. The molecule has 0 saturated heterocycles. The van der Waals surface area contributed by atoms with Gasteiger partial charge >= 0.3 is 0 Å². The van der Waals surface area contributed by atoms with E-state index in [-0.39, 0.29) is 0 Å². The lowest BCUT2D eigenvalue weighted by molar-refractivity contribution is -0.660. The standard InChI is InChI=1S/C23H21N2O/c1-14(2)16-9-8-10-17-18-13-15(3)20(19-11-6-7-12-25(19)5)21(24-4)23(18)26-22(16)17/h6-14H,1-3,5H3/q+1. The Morgan fingerprint density at radius 2 is 1.85 bits per heavy atom. The fraction of sp³-hybridized carbons (Fsp3) is 0.217. The lowest BCUT2D eigenvalue weighted by atomic mass is 9.97. The van der Waals surface area contributed by atoms with Crippen LogP contribution < -0.4 is 4.57 Å². The quantitative estimate of drug-likeness (QED) is 0.321. The van der Waals surface area contributed by atoms with Gasteiger partial charge in [-0.15, -0.1) is 0 Å². The molecule has 26 heavy (non-hydrogen) atoms. The molecule has 128 valence electrons. The van der Waals surface area contributed by atoms with E-state index in [1.54, 1.807) is 0 Å². The van der Waals surface area contributed by atoms with Crippen LogP contribution in [0.15, 0.2) is 53.1 Å². The summed E-state index contributed by atoms with van der Waals surface area (Å²) in [5.74, 6) is 0.364. The Labute approximate surface area is 153 Å². The van der Waals surface area contributed by atoms with Gasteiger partial charge in [0.2, 0.25) is 11.4 Å². The Morgan fingerprint density at radius 3 is 2.54 bits per heavy atom. The molecule has 0 saturated carbocycles. The van der Waals surface area contributed by atoms with Crippen LogP contribution >= 0.6 is 0 Å². The Balaban J connectivity index is 2.16. The monoisotopic (exact) mass is 341 g/mol. The van der Waals surface area contributed by atoms with Crippen LogP contribution in [0.4, 0.5) is 5.69 Å². The van der Waals surface area contributed by atoms with Gasteiger partial charge in [0.15, 0.2) is 6.20 Å². The van der Waals surface area contributed by atoms with E-state index in [1.807, 2.05) is 36.0 Å². The van der Waals surface area contributed by atoms with Gasteiger partial charge in [-0.2, -0.15) is 0 Å². The lowest BCUT2D eigenvalue weighted by Gasteiger charge is -2.07. The van der Waals surface area contributed by atoms with Crippen LogP contribution in [0.3, 0.4) is 0 Å². The summed E-state index contributed by atoms with van der Waals surface area (Å²) in [6, 6.07) is 14.5. The van der Waals surface area contributed by atoms with Gasteiger partial charge in [-0.25, -0.2) is 9.41 Å². The third-order valence-corrected chi connectivity index (χ3v) is 5.04. The number of benzene rings is 2. The minimum atomic E-state index is 0.364. The Bertz CT molecular complexity index is 1190. The number of fused-ring (bicyclic) bond motifs is 3. The molecule has 0 aliphatic heterocycles.